The van der Waals surface area contributed by atoms with Crippen LogP contribution in [0.5, 0.6) is 11.5 Å². The number of nitro groups is 1. The summed E-state index contributed by atoms with van der Waals surface area (Å²) in [6.07, 6.45) is 0. The third-order valence-corrected chi connectivity index (χ3v) is 3.87. The molecule has 2 aromatic rings. The number of rotatable bonds is 5. The Morgan fingerprint density at radius 2 is 1.71 bits per heavy atom. The van der Waals surface area contributed by atoms with Gasteiger partial charge >= 0.3 is 10.1 Å². The van der Waals surface area contributed by atoms with Gasteiger partial charge in [-0.15, -0.1) is 0 Å². The fraction of sp³-hybridized carbons (Fsp3) is 0.0769. The Morgan fingerprint density at radius 3 is 2.38 bits per heavy atom. The van der Waals surface area contributed by atoms with E-state index in [1.165, 1.54) is 31.4 Å². The van der Waals surface area contributed by atoms with Gasteiger partial charge in [0.05, 0.1) is 12.0 Å². The molecule has 8 heteroatoms. The molecule has 0 aliphatic carbocycles. The average Bonchev–Trinajstić information content (AvgIpc) is 2.47. The Labute approximate surface area is 121 Å². The van der Waals surface area contributed by atoms with Gasteiger partial charge in [-0.1, -0.05) is 18.2 Å². The normalized spacial score (nSPS) is 10.9. The van der Waals surface area contributed by atoms with E-state index in [4.69, 9.17) is 8.92 Å². The monoisotopic (exact) mass is 309 g/mol. The molecule has 0 aliphatic heterocycles. The highest BCUT2D eigenvalue weighted by molar-refractivity contribution is 7.87. The Balaban J connectivity index is 2.41. The van der Waals surface area contributed by atoms with Crippen molar-refractivity contribution in [3.8, 4) is 11.5 Å². The van der Waals surface area contributed by atoms with Gasteiger partial charge in [0.2, 0.25) is 0 Å². The van der Waals surface area contributed by atoms with Gasteiger partial charge in [-0.2, -0.15) is 8.42 Å². The Kier molecular flexibility index (Phi) is 4.08. The van der Waals surface area contributed by atoms with E-state index in [1.54, 1.807) is 12.1 Å². The first-order valence-electron chi connectivity index (χ1n) is 5.76. The molecule has 0 unspecified atom stereocenters. The van der Waals surface area contributed by atoms with E-state index in [9.17, 15) is 18.5 Å². The van der Waals surface area contributed by atoms with Crippen LogP contribution in [0, 0.1) is 10.1 Å². The Bertz CT molecular complexity index is 772. The van der Waals surface area contributed by atoms with Crippen LogP contribution in [0.1, 0.15) is 0 Å². The van der Waals surface area contributed by atoms with E-state index in [1.807, 2.05) is 0 Å². The second-order valence-electron chi connectivity index (χ2n) is 3.94. The first-order valence-corrected chi connectivity index (χ1v) is 7.17. The Morgan fingerprint density at radius 1 is 1.05 bits per heavy atom. The molecule has 0 atom stereocenters. The highest BCUT2D eigenvalue weighted by Crippen LogP contribution is 2.27. The van der Waals surface area contributed by atoms with Crippen LogP contribution in [0.3, 0.4) is 0 Å². The maximum absolute atomic E-state index is 12.2. The summed E-state index contributed by atoms with van der Waals surface area (Å²) < 4.78 is 34.2. The van der Waals surface area contributed by atoms with Gasteiger partial charge in [0.25, 0.3) is 5.69 Å². The Hall–Kier alpha value is -2.61. The van der Waals surface area contributed by atoms with Crippen molar-refractivity contribution in [3.05, 3.63) is 58.6 Å². The predicted octanol–water partition coefficient (Wildman–Crippen LogP) is 2.37. The molecular weight excluding hydrogens is 298 g/mol. The molecule has 0 spiro atoms. The summed E-state index contributed by atoms with van der Waals surface area (Å²) >= 11 is 0. The van der Waals surface area contributed by atoms with Gasteiger partial charge in [-0.05, 0) is 18.2 Å². The van der Waals surface area contributed by atoms with Crippen molar-refractivity contribution >= 4 is 15.8 Å². The lowest BCUT2D eigenvalue weighted by molar-refractivity contribution is -0.387. The third kappa shape index (κ3) is 3.29. The molecule has 0 heterocycles. The number of methoxy groups -OCH3 is 1. The largest absolute Gasteiger partial charge is 0.497 e. The molecule has 0 aromatic heterocycles. The molecule has 0 amide bonds. The molecule has 0 fully saturated rings. The average molecular weight is 309 g/mol. The second-order valence-corrected chi connectivity index (χ2v) is 5.46. The van der Waals surface area contributed by atoms with Crippen molar-refractivity contribution < 1.29 is 22.3 Å². The van der Waals surface area contributed by atoms with Gasteiger partial charge in [0, 0.05) is 12.1 Å². The molecular formula is C13H11NO6S. The molecule has 2 aromatic carbocycles. The molecule has 0 saturated heterocycles. The molecule has 7 nitrogen and oxygen atoms in total. The molecule has 0 N–H and O–H groups in total. The third-order valence-electron chi connectivity index (χ3n) is 2.58. The van der Waals surface area contributed by atoms with Crippen LogP contribution >= 0.6 is 0 Å². The fourth-order valence-electron chi connectivity index (χ4n) is 1.64. The van der Waals surface area contributed by atoms with Crippen LogP contribution in [0.4, 0.5) is 5.69 Å². The minimum Gasteiger partial charge on any atom is -0.497 e. The number of hydrogen-bond acceptors (Lipinski definition) is 6. The number of nitro benzene ring substituents is 1. The number of benzene rings is 2. The maximum Gasteiger partial charge on any atom is 0.346 e. The van der Waals surface area contributed by atoms with Crippen LogP contribution in [-0.4, -0.2) is 20.5 Å². The van der Waals surface area contributed by atoms with Crippen molar-refractivity contribution in [2.45, 2.75) is 4.90 Å². The topological polar surface area (TPSA) is 95.7 Å². The standard InChI is InChI=1S/C13H11NO6S/c1-19-10-5-4-6-11(9-10)20-21(17,18)13-8-3-2-7-12(13)14(15)16/h2-9H,1H3. The SMILES string of the molecule is COc1cccc(OS(=O)(=O)c2ccccc2[N+](=O)[O-])c1. The molecule has 0 aliphatic rings. The van der Waals surface area contributed by atoms with Crippen LogP contribution in [0.25, 0.3) is 0 Å². The molecule has 0 bridgehead atoms. The van der Waals surface area contributed by atoms with Crippen molar-refractivity contribution in [1.82, 2.24) is 0 Å². The van der Waals surface area contributed by atoms with Crippen LogP contribution < -0.4 is 8.92 Å². The second kappa shape index (κ2) is 5.80. The number of nitrogens with zero attached hydrogens (tertiary/aromatic N) is 1. The van der Waals surface area contributed by atoms with E-state index in [0.717, 1.165) is 12.1 Å². The van der Waals surface area contributed by atoms with Crippen LogP contribution in [0.2, 0.25) is 0 Å². The van der Waals surface area contributed by atoms with Gasteiger partial charge < -0.3 is 8.92 Å². The summed E-state index contributed by atoms with van der Waals surface area (Å²) in [6.45, 7) is 0. The summed E-state index contributed by atoms with van der Waals surface area (Å²) in [5.41, 5.74) is -0.541. The number of para-hydroxylation sites is 1. The first kappa shape index (κ1) is 14.8. The lowest BCUT2D eigenvalue weighted by Crippen LogP contribution is -2.11. The zero-order chi connectivity index (χ0) is 15.5. The molecule has 0 radical (unpaired) electrons. The van der Waals surface area contributed by atoms with Crippen LogP contribution in [0.15, 0.2) is 53.4 Å². The van der Waals surface area contributed by atoms with E-state index in [2.05, 4.69) is 0 Å². The van der Waals surface area contributed by atoms with Gasteiger partial charge in [-0.3, -0.25) is 10.1 Å². The summed E-state index contributed by atoms with van der Waals surface area (Å²) in [7, 11) is -2.88. The van der Waals surface area contributed by atoms with Gasteiger partial charge in [0.1, 0.15) is 11.5 Å². The molecule has 2 rings (SSSR count). The van der Waals surface area contributed by atoms with Crippen molar-refractivity contribution in [2.24, 2.45) is 0 Å². The van der Waals surface area contributed by atoms with Crippen molar-refractivity contribution in [1.29, 1.82) is 0 Å². The lowest BCUT2D eigenvalue weighted by Gasteiger charge is -2.08. The highest BCUT2D eigenvalue weighted by atomic mass is 32.2. The lowest BCUT2D eigenvalue weighted by atomic mass is 10.3. The number of ether oxygens (including phenoxy) is 1. The zero-order valence-electron chi connectivity index (χ0n) is 10.9. The van der Waals surface area contributed by atoms with E-state index in [-0.39, 0.29) is 5.75 Å². The first-order chi connectivity index (χ1) is 9.94. The number of hydrogen-bond donors (Lipinski definition) is 0. The van der Waals surface area contributed by atoms with E-state index < -0.39 is 25.6 Å². The van der Waals surface area contributed by atoms with Gasteiger partial charge in [0.15, 0.2) is 4.90 Å². The van der Waals surface area contributed by atoms with Gasteiger partial charge in [-0.25, -0.2) is 0 Å². The maximum atomic E-state index is 12.2. The van der Waals surface area contributed by atoms with E-state index in [0.29, 0.717) is 5.75 Å². The predicted molar refractivity (Wildman–Crippen MR) is 73.9 cm³/mol. The molecule has 0 saturated carbocycles. The molecule has 21 heavy (non-hydrogen) atoms. The smallest absolute Gasteiger partial charge is 0.346 e. The summed E-state index contributed by atoms with van der Waals surface area (Å²) in [5, 5.41) is 10.9. The summed E-state index contributed by atoms with van der Waals surface area (Å²) in [6, 6.07) is 10.9. The highest BCUT2D eigenvalue weighted by Gasteiger charge is 2.27. The van der Waals surface area contributed by atoms with Crippen molar-refractivity contribution in [2.75, 3.05) is 7.11 Å². The van der Waals surface area contributed by atoms with E-state index >= 15 is 0 Å². The minimum absolute atomic E-state index is 0.00695. The molecule has 110 valence electrons. The van der Waals surface area contributed by atoms with Crippen LogP contribution in [-0.2, 0) is 10.1 Å². The zero-order valence-corrected chi connectivity index (χ0v) is 11.7. The summed E-state index contributed by atoms with van der Waals surface area (Å²) in [5.74, 6) is 0.415. The van der Waals surface area contributed by atoms with Crippen molar-refractivity contribution in [3.63, 3.8) is 0 Å². The minimum atomic E-state index is -4.31. The fourth-order valence-corrected chi connectivity index (χ4v) is 2.73. The quantitative estimate of drug-likeness (QED) is 0.478. The summed E-state index contributed by atoms with van der Waals surface area (Å²) in [4.78, 5) is 9.61.